The van der Waals surface area contributed by atoms with E-state index in [2.05, 4.69) is 97.0 Å². The minimum Gasteiger partial charge on any atom is -0.481 e. The molecule has 4 rings (SSSR count). The molecule has 0 aliphatic carbocycles. The molecule has 52 heteroatoms. The molecular formula is C84H131N21O28S3. The highest BCUT2D eigenvalue weighted by atomic mass is 32.2. The van der Waals surface area contributed by atoms with Gasteiger partial charge in [0.2, 0.25) is 106 Å². The Morgan fingerprint density at radius 1 is 0.485 bits per heavy atom. The minimum absolute atomic E-state index is 0.0972. The summed E-state index contributed by atoms with van der Waals surface area (Å²) in [5.74, 6) is -35.0. The summed E-state index contributed by atoms with van der Waals surface area (Å²) < 4.78 is 0. The summed E-state index contributed by atoms with van der Waals surface area (Å²) in [6.45, 7) is 18.4. The Morgan fingerprint density at radius 3 is 1.48 bits per heavy atom. The highest BCUT2D eigenvalue weighted by Gasteiger charge is 2.45. The molecule has 3 aliphatic rings. The molecule has 3 aliphatic heterocycles. The summed E-state index contributed by atoms with van der Waals surface area (Å²) in [6.07, 6.45) is -5.87. The van der Waals surface area contributed by atoms with Gasteiger partial charge in [0.25, 0.3) is 5.91 Å². The molecule has 0 aromatic heterocycles. The van der Waals surface area contributed by atoms with E-state index in [-0.39, 0.29) is 45.1 Å². The number of aliphatic carboxylic acids is 3. The average molecular weight is 1980 g/mol. The molecule has 24 atom stereocenters. The van der Waals surface area contributed by atoms with Gasteiger partial charge >= 0.3 is 17.9 Å². The summed E-state index contributed by atoms with van der Waals surface area (Å²) >= 11 is 1.70. The number of carboxylic acids is 3. The fraction of sp³-hybridized carbons (Fsp3) is 0.643. The van der Waals surface area contributed by atoms with Crippen molar-refractivity contribution in [2.45, 2.75) is 272 Å². The van der Waals surface area contributed by atoms with Crippen LogP contribution in [0.4, 0.5) is 0 Å². The predicted molar refractivity (Wildman–Crippen MR) is 492 cm³/mol. The van der Waals surface area contributed by atoms with E-state index >= 15 is 38.4 Å². The van der Waals surface area contributed by atoms with Crippen LogP contribution in [0.15, 0.2) is 42.6 Å². The third-order valence-electron chi connectivity index (χ3n) is 22.4. The monoisotopic (exact) mass is 1980 g/mol. The average Bonchev–Trinajstić information content (AvgIpc) is 0.852. The van der Waals surface area contributed by atoms with E-state index in [1.807, 2.05) is 10.6 Å². The second-order valence-corrected chi connectivity index (χ2v) is 38.1. The van der Waals surface area contributed by atoms with Gasteiger partial charge in [-0.05, 0) is 75.3 Å². The molecule has 1 aromatic rings. The zero-order valence-electron chi connectivity index (χ0n) is 77.8. The Kier molecular flexibility index (Phi) is 48.5. The molecule has 0 saturated carbocycles. The van der Waals surface area contributed by atoms with E-state index in [0.717, 1.165) is 13.8 Å². The van der Waals surface area contributed by atoms with Gasteiger partial charge in [0.15, 0.2) is 6.10 Å². The maximum Gasteiger partial charge on any atom is 0.335 e. The molecule has 3 heterocycles. The number of benzene rings is 1. The van der Waals surface area contributed by atoms with Crippen LogP contribution < -0.4 is 112 Å². The molecule has 136 heavy (non-hydrogen) atoms. The number of thioether (sulfide) groups is 3. The zero-order chi connectivity index (χ0) is 103. The topological polar surface area (TPSA) is 778 Å². The number of fused-ring (bicyclic) bond motifs is 8. The predicted octanol–water partition coefficient (Wildman–Crippen LogP) is -9.10. The molecule has 19 amide bonds. The number of unbranched alkanes of at least 4 members (excludes halogenated alkanes) is 1. The Bertz CT molecular complexity index is 4460. The number of aliphatic hydroxyl groups is 3. The van der Waals surface area contributed by atoms with Crippen LogP contribution >= 0.6 is 35.3 Å². The molecule has 0 radical (unpaired) electrons. The van der Waals surface area contributed by atoms with E-state index in [9.17, 15) is 97.8 Å². The van der Waals surface area contributed by atoms with Crippen molar-refractivity contribution in [2.24, 2.45) is 35.1 Å². The number of nitrogens with two attached hydrogens (primary N) is 2. The maximum absolute atomic E-state index is 15.8. The van der Waals surface area contributed by atoms with Crippen LogP contribution in [-0.2, 0) is 112 Å². The Morgan fingerprint density at radius 2 is 0.963 bits per heavy atom. The second-order valence-electron chi connectivity index (χ2n) is 33.9. The summed E-state index contributed by atoms with van der Waals surface area (Å²) in [7, 11) is 0. The lowest BCUT2D eigenvalue weighted by molar-refractivity contribution is -0.152. The molecule has 758 valence electrons. The third-order valence-corrected chi connectivity index (χ3v) is 26.4. The lowest BCUT2D eigenvalue weighted by Crippen LogP contribution is -2.64. The molecule has 0 spiro atoms. The van der Waals surface area contributed by atoms with E-state index in [1.54, 1.807) is 51.1 Å². The van der Waals surface area contributed by atoms with Crippen LogP contribution in [0.5, 0.6) is 0 Å². The molecule has 29 N–H and O–H groups in total. The van der Waals surface area contributed by atoms with Gasteiger partial charge in [-0.15, -0.1) is 0 Å². The largest absolute Gasteiger partial charge is 0.481 e. The van der Waals surface area contributed by atoms with Gasteiger partial charge in [0.1, 0.15) is 96.7 Å². The van der Waals surface area contributed by atoms with Crippen molar-refractivity contribution in [1.29, 1.82) is 0 Å². The van der Waals surface area contributed by atoms with Gasteiger partial charge in [0.05, 0.1) is 37.5 Å². The van der Waals surface area contributed by atoms with Gasteiger partial charge < -0.3 is 143 Å². The molecule has 49 nitrogen and oxygen atoms in total. The molecule has 1 aromatic carbocycles. The number of carboxylic acid groups (broad SMARTS) is 3. The highest BCUT2D eigenvalue weighted by molar-refractivity contribution is 8.00. The number of hydrogen-bond acceptors (Lipinski definition) is 30. The number of rotatable bonds is 24. The number of carbonyl (C=O) groups excluding carboxylic acids is 19. The van der Waals surface area contributed by atoms with Crippen LogP contribution in [0.2, 0.25) is 0 Å². The first-order valence-corrected chi connectivity index (χ1v) is 47.3. The summed E-state index contributed by atoms with van der Waals surface area (Å²) in [6, 6.07) is -24.5. The Hall–Kier alpha value is -11.8. The summed E-state index contributed by atoms with van der Waals surface area (Å²) in [5.41, 5.74) is 11.3. The first kappa shape index (κ1) is 116. The minimum atomic E-state index is -2.99. The van der Waals surface area contributed by atoms with Crippen molar-refractivity contribution < 1.29 is 136 Å². The SMILES string of the molecule is C=C1NC(=O)[C@@H]2CS[C@@H](C)[C@@H](NC(=O)[C@H](C(C)C)NC(=O)[C@H]([C@@H](C)CC)NC(=O)CNC(=O)[C@H](Cc3ccccc3)NC1=O)C(=O)N[C@@H]([C@@H](C)CC)C(=O)N[C@@H](C(C)C)C(=O)N[C@H]1CS[C@@H](C)[C@@H](NC(=O)[C@H](CO)NC(=O)[C@H](C)NC(=O)[C@@H](NC(=O)[C@@H](N)CCC(=O)O)CS[C@@H](C)[C@H](C(=O)N[C@@H](CCCCN)C(=O)O)NC(=O)[C@H]([C@@H](C)O)NC(=O)CNC(=O)[C@H]([C@@H](O)C(=O)O)NC1=O)C(=O)N2. The number of hydrogen-bond donors (Lipinski definition) is 27. The summed E-state index contributed by atoms with van der Waals surface area (Å²) in [4.78, 5) is 317. The van der Waals surface area contributed by atoms with E-state index in [0.29, 0.717) is 40.8 Å². The molecule has 3 fully saturated rings. The van der Waals surface area contributed by atoms with Crippen molar-refractivity contribution in [3.63, 3.8) is 0 Å². The van der Waals surface area contributed by atoms with Crippen LogP contribution in [-0.4, -0.2) is 335 Å². The molecule has 3 saturated heterocycles. The first-order chi connectivity index (χ1) is 63.8. The van der Waals surface area contributed by atoms with Gasteiger partial charge in [-0.3, -0.25) is 95.9 Å². The van der Waals surface area contributed by atoms with Crippen LogP contribution in [0.3, 0.4) is 0 Å². The standard InChI is InChI=1S/C84H131N21O28S3/c1-15-37(7)58-77(124)100-57(36(5)6)76(123)103-63-44(14)135-33-51(72(119)89-39(9)66(113)92-48(28-45-22-18-17-19-23-45)69(116)87-29-53(108)97-58)96-81(128)61-42(12)136-34-52(95-75(122)56(35(3)4)99-78(125)59(38(8)16-2)101-82(63)129)73(120)105-64(65(112)84(132)133)74(121)88-30-54(109)98-60(41(11)107)79(126)104-62(80(127)91-47(83(130)131)24-20-21-27-85)43(13)134-32-50(94-68(115)46(86)25-26-55(110)111)71(118)90-40(10)67(114)93-49(31-106)70(117)102-61/h17-19,22-23,35-38,40-44,46-52,56-65,106-107,112H,9,15-16,20-21,24-34,85-86H2,1-8,10-14H3,(H,87,116)(H,88,121)(H,89,119)(H,90,118)(H,91,127)(H,92,113)(H,93,114)(H,94,115)(H,95,122)(H,96,128)(H,97,108)(H,98,109)(H,99,125)(H,100,124)(H,101,129)(H,102,117)(H,103,123)(H,104,126)(H,105,120)(H,110,111)(H,130,131)(H,132,133)/t37-,38-,40-,41+,42-,43-,44-,46-,47-,48-,49-,50-,51-,52-,56-,57-,58-,59-,60-,61+,62+,63+,64-,65+/m0/s1. The van der Waals surface area contributed by atoms with Crippen molar-refractivity contribution in [1.82, 2.24) is 101 Å². The van der Waals surface area contributed by atoms with Gasteiger partial charge in [-0.2, -0.15) is 35.3 Å². The number of carbonyl (C=O) groups is 22. The Balaban J connectivity index is 2.16. The second kappa shape index (κ2) is 56.6. The summed E-state index contributed by atoms with van der Waals surface area (Å²) in [5, 5.41) is 104. The lowest BCUT2D eigenvalue weighted by Gasteiger charge is -2.33. The van der Waals surface area contributed by atoms with Crippen molar-refractivity contribution >= 4 is 165 Å². The van der Waals surface area contributed by atoms with Gasteiger partial charge in [-0.25, -0.2) is 9.59 Å². The normalized spacial score (nSPS) is 28.1. The van der Waals surface area contributed by atoms with E-state index < -0.39 is 340 Å². The van der Waals surface area contributed by atoms with Crippen molar-refractivity contribution in [2.75, 3.05) is 43.5 Å². The van der Waals surface area contributed by atoms with Gasteiger partial charge in [-0.1, -0.05) is 126 Å². The van der Waals surface area contributed by atoms with E-state index in [1.165, 1.54) is 55.4 Å². The quantitative estimate of drug-likeness (QED) is 0.0338. The van der Waals surface area contributed by atoms with Crippen LogP contribution in [0.1, 0.15) is 141 Å². The van der Waals surface area contributed by atoms with Crippen molar-refractivity contribution in [3.05, 3.63) is 48.2 Å². The van der Waals surface area contributed by atoms with Crippen LogP contribution in [0.25, 0.3) is 0 Å². The molecular weight excluding hydrogens is 1850 g/mol. The smallest absolute Gasteiger partial charge is 0.335 e. The Labute approximate surface area is 797 Å². The zero-order valence-corrected chi connectivity index (χ0v) is 80.2. The number of aliphatic hydroxyl groups excluding tert-OH is 3. The lowest BCUT2D eigenvalue weighted by atomic mass is 9.95. The fourth-order valence-corrected chi connectivity index (χ4v) is 16.9. The van der Waals surface area contributed by atoms with E-state index in [4.69, 9.17) is 11.5 Å². The van der Waals surface area contributed by atoms with Gasteiger partial charge in [0, 0.05) is 45.9 Å². The van der Waals surface area contributed by atoms with Crippen LogP contribution in [0, 0.1) is 23.7 Å². The number of nitrogens with one attached hydrogen (secondary N) is 19. The highest BCUT2D eigenvalue weighted by Crippen LogP contribution is 2.25. The third kappa shape index (κ3) is 36.7. The molecule has 4 bridgehead atoms. The number of amides is 19. The van der Waals surface area contributed by atoms with Crippen molar-refractivity contribution in [3.8, 4) is 0 Å². The maximum atomic E-state index is 15.8. The first-order valence-electron chi connectivity index (χ1n) is 44.2. The fourth-order valence-electron chi connectivity index (χ4n) is 13.5. The molecule has 0 unspecified atom stereocenters.